The highest BCUT2D eigenvalue weighted by atomic mass is 19.4. The monoisotopic (exact) mass is 273 g/mol. The predicted octanol–water partition coefficient (Wildman–Crippen LogP) is 4.67. The molecule has 1 aromatic rings. The van der Waals surface area contributed by atoms with E-state index in [1.165, 1.54) is 6.07 Å². The molecule has 1 aliphatic heterocycles. The first kappa shape index (κ1) is 14.0. The van der Waals surface area contributed by atoms with E-state index in [0.717, 1.165) is 31.2 Å². The zero-order chi connectivity index (χ0) is 13.9. The zero-order valence-electron chi connectivity index (χ0n) is 10.9. The summed E-state index contributed by atoms with van der Waals surface area (Å²) in [6.07, 6.45) is -0.234. The van der Waals surface area contributed by atoms with Gasteiger partial charge in [0, 0.05) is 12.5 Å². The summed E-state index contributed by atoms with van der Waals surface area (Å²) in [6.45, 7) is 2.83. The number of anilines is 1. The molecule has 0 radical (unpaired) electrons. The molecule has 1 N–H and O–H groups in total. The molecule has 106 valence electrons. The molecule has 1 heterocycles. The van der Waals surface area contributed by atoms with Crippen LogP contribution in [-0.4, -0.2) is 12.9 Å². The van der Waals surface area contributed by atoms with Crippen molar-refractivity contribution in [1.82, 2.24) is 0 Å². The molecule has 0 spiro atoms. The van der Waals surface area contributed by atoms with E-state index in [2.05, 4.69) is 17.0 Å². The Kier molecular flexibility index (Phi) is 4.22. The number of rotatable bonds is 5. The van der Waals surface area contributed by atoms with Crippen molar-refractivity contribution in [2.24, 2.45) is 0 Å². The van der Waals surface area contributed by atoms with Crippen molar-refractivity contribution in [1.29, 1.82) is 0 Å². The van der Waals surface area contributed by atoms with Gasteiger partial charge >= 0.3 is 6.36 Å². The second-order valence-electron chi connectivity index (χ2n) is 4.84. The van der Waals surface area contributed by atoms with E-state index < -0.39 is 6.36 Å². The van der Waals surface area contributed by atoms with Crippen LogP contribution in [0, 0.1) is 0 Å². The Hall–Kier alpha value is -1.39. The molecule has 1 atom stereocenters. The van der Waals surface area contributed by atoms with Gasteiger partial charge in [0.1, 0.15) is 0 Å². The third kappa shape index (κ3) is 3.55. The zero-order valence-corrected chi connectivity index (χ0v) is 10.9. The summed E-state index contributed by atoms with van der Waals surface area (Å²) in [6, 6.07) is 4.86. The minimum atomic E-state index is -4.64. The molecular weight excluding hydrogens is 255 g/mol. The first-order valence-corrected chi connectivity index (χ1v) is 6.64. The number of halogens is 3. The number of hydrogen-bond acceptors (Lipinski definition) is 2. The molecule has 2 rings (SSSR count). The number of unbranched alkanes of at least 4 members (excludes halogenated alkanes) is 2. The largest absolute Gasteiger partial charge is 0.573 e. The molecule has 19 heavy (non-hydrogen) atoms. The molecule has 1 unspecified atom stereocenters. The molecule has 0 fully saturated rings. The van der Waals surface area contributed by atoms with Crippen LogP contribution in [0.15, 0.2) is 18.2 Å². The molecule has 0 saturated heterocycles. The Labute approximate surface area is 111 Å². The summed E-state index contributed by atoms with van der Waals surface area (Å²) < 4.78 is 41.0. The fourth-order valence-corrected chi connectivity index (χ4v) is 2.52. The van der Waals surface area contributed by atoms with E-state index >= 15 is 0 Å². The lowest BCUT2D eigenvalue weighted by molar-refractivity contribution is -0.274. The molecule has 0 amide bonds. The number of ether oxygens (including phenoxy) is 1. The van der Waals surface area contributed by atoms with Gasteiger partial charge in [0.25, 0.3) is 0 Å². The summed E-state index contributed by atoms with van der Waals surface area (Å²) in [5, 5.41) is 3.04. The third-order valence-corrected chi connectivity index (χ3v) is 3.41. The van der Waals surface area contributed by atoms with Crippen molar-refractivity contribution in [3.8, 4) is 5.75 Å². The number of fused-ring (bicyclic) bond motifs is 1. The standard InChI is InChI=1S/C14H18F3NO/c1-2-3-4-6-10-9-18-13-11(10)7-5-8-12(13)19-14(15,16)17/h5,7-8,10,18H,2-4,6,9H2,1H3. The van der Waals surface area contributed by atoms with Crippen LogP contribution in [0.5, 0.6) is 5.75 Å². The van der Waals surface area contributed by atoms with Crippen molar-refractivity contribution in [2.75, 3.05) is 11.9 Å². The van der Waals surface area contributed by atoms with Crippen LogP contribution in [0.2, 0.25) is 0 Å². The van der Waals surface area contributed by atoms with Crippen molar-refractivity contribution in [3.05, 3.63) is 23.8 Å². The van der Waals surface area contributed by atoms with Crippen LogP contribution in [-0.2, 0) is 0 Å². The average Bonchev–Trinajstić information content (AvgIpc) is 2.72. The van der Waals surface area contributed by atoms with Crippen LogP contribution in [0.25, 0.3) is 0 Å². The lowest BCUT2D eigenvalue weighted by atomic mass is 9.95. The van der Waals surface area contributed by atoms with Crippen LogP contribution in [0.1, 0.15) is 44.1 Å². The lowest BCUT2D eigenvalue weighted by Crippen LogP contribution is -2.17. The fraction of sp³-hybridized carbons (Fsp3) is 0.571. The Morgan fingerprint density at radius 3 is 2.79 bits per heavy atom. The van der Waals surface area contributed by atoms with Crippen LogP contribution in [0.4, 0.5) is 18.9 Å². The van der Waals surface area contributed by atoms with E-state index in [9.17, 15) is 13.2 Å². The maximum Gasteiger partial charge on any atom is 0.573 e. The maximum atomic E-state index is 12.3. The van der Waals surface area contributed by atoms with E-state index in [1.54, 1.807) is 6.07 Å². The number of hydrogen-bond donors (Lipinski definition) is 1. The van der Waals surface area contributed by atoms with Crippen molar-refractivity contribution < 1.29 is 17.9 Å². The highest BCUT2D eigenvalue weighted by Gasteiger charge is 2.34. The lowest BCUT2D eigenvalue weighted by Gasteiger charge is -2.13. The second-order valence-corrected chi connectivity index (χ2v) is 4.84. The molecule has 0 aliphatic carbocycles. The second kappa shape index (κ2) is 5.72. The third-order valence-electron chi connectivity index (χ3n) is 3.41. The van der Waals surface area contributed by atoms with Gasteiger partial charge in [-0.25, -0.2) is 0 Å². The minimum Gasteiger partial charge on any atom is -0.404 e. The summed E-state index contributed by atoms with van der Waals surface area (Å²) in [5.74, 6) is 0.168. The van der Waals surface area contributed by atoms with Gasteiger partial charge in [-0.05, 0) is 18.1 Å². The first-order chi connectivity index (χ1) is 9.01. The smallest absolute Gasteiger partial charge is 0.404 e. The van der Waals surface area contributed by atoms with Gasteiger partial charge in [-0.1, -0.05) is 38.3 Å². The van der Waals surface area contributed by atoms with Gasteiger partial charge in [0.05, 0.1) is 5.69 Å². The molecular formula is C14H18F3NO. The summed E-state index contributed by atoms with van der Waals surface area (Å²) in [7, 11) is 0. The maximum absolute atomic E-state index is 12.3. The predicted molar refractivity (Wildman–Crippen MR) is 68.5 cm³/mol. The minimum absolute atomic E-state index is 0.122. The van der Waals surface area contributed by atoms with Crippen LogP contribution >= 0.6 is 0 Å². The van der Waals surface area contributed by atoms with Crippen LogP contribution < -0.4 is 10.1 Å². The van der Waals surface area contributed by atoms with Gasteiger partial charge < -0.3 is 10.1 Å². The molecule has 0 aromatic heterocycles. The Morgan fingerprint density at radius 1 is 1.32 bits per heavy atom. The SMILES string of the molecule is CCCCCC1CNc2c(OC(F)(F)F)cccc21. The van der Waals surface area contributed by atoms with Gasteiger partial charge in [-0.2, -0.15) is 0 Å². The first-order valence-electron chi connectivity index (χ1n) is 6.64. The van der Waals surface area contributed by atoms with Crippen molar-refractivity contribution in [2.45, 2.75) is 44.9 Å². The molecule has 2 nitrogen and oxygen atoms in total. The Bertz CT molecular complexity index is 431. The quantitative estimate of drug-likeness (QED) is 0.787. The van der Waals surface area contributed by atoms with E-state index in [1.807, 2.05) is 6.07 Å². The van der Waals surface area contributed by atoms with E-state index in [-0.39, 0.29) is 5.75 Å². The summed E-state index contributed by atoms with van der Waals surface area (Å²) >= 11 is 0. The number of benzene rings is 1. The highest BCUT2D eigenvalue weighted by molar-refractivity contribution is 5.66. The highest BCUT2D eigenvalue weighted by Crippen LogP contribution is 2.42. The normalized spacial score (nSPS) is 18.0. The Morgan fingerprint density at radius 2 is 2.11 bits per heavy atom. The topological polar surface area (TPSA) is 21.3 Å². The summed E-state index contributed by atoms with van der Waals surface area (Å²) in [5.41, 5.74) is 1.44. The van der Waals surface area contributed by atoms with Gasteiger partial charge in [-0.3, -0.25) is 0 Å². The van der Waals surface area contributed by atoms with Gasteiger partial charge in [-0.15, -0.1) is 13.2 Å². The van der Waals surface area contributed by atoms with Crippen molar-refractivity contribution in [3.63, 3.8) is 0 Å². The van der Waals surface area contributed by atoms with Gasteiger partial charge in [0.15, 0.2) is 5.75 Å². The molecule has 0 bridgehead atoms. The van der Waals surface area contributed by atoms with Gasteiger partial charge in [0.2, 0.25) is 0 Å². The molecule has 0 saturated carbocycles. The fourth-order valence-electron chi connectivity index (χ4n) is 2.52. The number of para-hydroxylation sites is 1. The molecule has 1 aromatic carbocycles. The average molecular weight is 273 g/mol. The summed E-state index contributed by atoms with van der Waals surface area (Å²) in [4.78, 5) is 0. The van der Waals surface area contributed by atoms with Crippen molar-refractivity contribution >= 4 is 5.69 Å². The Balaban J connectivity index is 2.11. The van der Waals surface area contributed by atoms with Crippen LogP contribution in [0.3, 0.4) is 0 Å². The number of alkyl halides is 3. The van der Waals surface area contributed by atoms with E-state index in [4.69, 9.17) is 0 Å². The van der Waals surface area contributed by atoms with E-state index in [0.29, 0.717) is 18.2 Å². The molecule has 5 heteroatoms. The number of nitrogens with one attached hydrogen (secondary N) is 1. The molecule has 1 aliphatic rings.